The fraction of sp³-hybridized carbons (Fsp3) is 0.450. The molecule has 2 aliphatic rings. The lowest BCUT2D eigenvalue weighted by atomic mass is 9.95. The molecule has 1 aromatic rings. The van der Waals surface area contributed by atoms with Crippen LogP contribution in [0, 0.1) is 0 Å². The van der Waals surface area contributed by atoms with Crippen molar-refractivity contribution in [1.29, 1.82) is 0 Å². The molecule has 2 heterocycles. The van der Waals surface area contributed by atoms with Crippen LogP contribution in [-0.2, 0) is 14.3 Å². The number of rotatable bonds is 7. The average Bonchev–Trinajstić information content (AvgIpc) is 3.07. The number of nitrogens with zero attached hydrogens (tertiary/aromatic N) is 2. The third-order valence-electron chi connectivity index (χ3n) is 4.93. The second-order valence-electron chi connectivity index (χ2n) is 6.47. The first-order valence-corrected chi connectivity index (χ1v) is 9.48. The van der Waals surface area contributed by atoms with Crippen molar-refractivity contribution >= 4 is 17.9 Å². The molecule has 0 aliphatic carbocycles. The molecule has 8 heteroatoms. The van der Waals surface area contributed by atoms with Gasteiger partial charge in [0.25, 0.3) is 0 Å². The second-order valence-corrected chi connectivity index (χ2v) is 6.47. The van der Waals surface area contributed by atoms with Crippen molar-refractivity contribution in [3.8, 4) is 5.75 Å². The van der Waals surface area contributed by atoms with Crippen molar-refractivity contribution in [2.75, 3.05) is 32.8 Å². The van der Waals surface area contributed by atoms with Crippen LogP contribution in [0.1, 0.15) is 32.4 Å². The smallest absolute Gasteiger partial charge is 0.338 e. The summed E-state index contributed by atoms with van der Waals surface area (Å²) in [5.74, 6) is 0.0584. The molecule has 0 saturated heterocycles. The topological polar surface area (TPSA) is 88.2 Å². The molecule has 3 rings (SSSR count). The summed E-state index contributed by atoms with van der Waals surface area (Å²) in [6.45, 7) is 7.19. The number of nitrogens with one attached hydrogen (secondary N) is 1. The van der Waals surface area contributed by atoms with Crippen LogP contribution in [0.4, 0.5) is 4.79 Å². The molecule has 8 nitrogen and oxygen atoms in total. The van der Waals surface area contributed by atoms with Gasteiger partial charge in [-0.15, -0.1) is 0 Å². The molecule has 150 valence electrons. The molecule has 0 fully saturated rings. The van der Waals surface area contributed by atoms with Gasteiger partial charge in [0.1, 0.15) is 18.9 Å². The highest BCUT2D eigenvalue weighted by atomic mass is 16.5. The van der Waals surface area contributed by atoms with Crippen LogP contribution < -0.4 is 10.1 Å². The molecule has 3 amide bonds. The van der Waals surface area contributed by atoms with Gasteiger partial charge in [0.15, 0.2) is 0 Å². The van der Waals surface area contributed by atoms with E-state index in [1.807, 2.05) is 32.9 Å². The van der Waals surface area contributed by atoms with Gasteiger partial charge in [-0.3, -0.25) is 9.69 Å². The summed E-state index contributed by atoms with van der Waals surface area (Å²) in [5, 5.41) is 2.83. The third-order valence-corrected chi connectivity index (χ3v) is 4.93. The Hall–Kier alpha value is -3.03. The van der Waals surface area contributed by atoms with E-state index in [1.54, 1.807) is 17.0 Å². The highest BCUT2D eigenvalue weighted by Crippen LogP contribution is 2.35. The zero-order valence-corrected chi connectivity index (χ0v) is 16.4. The van der Waals surface area contributed by atoms with Crippen LogP contribution >= 0.6 is 0 Å². The van der Waals surface area contributed by atoms with Crippen LogP contribution in [0.15, 0.2) is 35.5 Å². The first-order chi connectivity index (χ1) is 13.5. The zero-order valence-electron chi connectivity index (χ0n) is 16.4. The van der Waals surface area contributed by atoms with Crippen LogP contribution in [0.2, 0.25) is 0 Å². The maximum atomic E-state index is 12.7. The highest BCUT2D eigenvalue weighted by Gasteiger charge is 2.42. The predicted molar refractivity (Wildman–Crippen MR) is 102 cm³/mol. The van der Waals surface area contributed by atoms with E-state index in [4.69, 9.17) is 9.47 Å². The third kappa shape index (κ3) is 3.67. The number of likely N-dealkylation sites (N-methyl/N-ethyl adjacent to an activating group) is 1. The van der Waals surface area contributed by atoms with Gasteiger partial charge in [0.2, 0.25) is 5.91 Å². The van der Waals surface area contributed by atoms with E-state index in [1.165, 1.54) is 4.90 Å². The number of urea groups is 1. The first-order valence-electron chi connectivity index (χ1n) is 9.48. The van der Waals surface area contributed by atoms with Crippen molar-refractivity contribution < 1.29 is 23.9 Å². The van der Waals surface area contributed by atoms with E-state index in [0.29, 0.717) is 36.7 Å². The maximum absolute atomic E-state index is 12.7. The van der Waals surface area contributed by atoms with Gasteiger partial charge in [-0.2, -0.15) is 0 Å². The van der Waals surface area contributed by atoms with Crippen LogP contribution in [0.5, 0.6) is 5.75 Å². The Morgan fingerprint density at radius 1 is 1.21 bits per heavy atom. The normalized spacial score (nSPS) is 18.5. The number of cyclic esters (lactones) is 1. The minimum Gasteiger partial charge on any atom is -0.494 e. The van der Waals surface area contributed by atoms with Gasteiger partial charge in [-0.05, 0) is 38.5 Å². The zero-order chi connectivity index (χ0) is 20.3. The molecule has 1 N–H and O–H groups in total. The molecule has 1 unspecified atom stereocenters. The van der Waals surface area contributed by atoms with Gasteiger partial charge >= 0.3 is 12.0 Å². The van der Waals surface area contributed by atoms with E-state index >= 15 is 0 Å². The van der Waals surface area contributed by atoms with Crippen molar-refractivity contribution in [2.24, 2.45) is 0 Å². The van der Waals surface area contributed by atoms with Gasteiger partial charge in [0.05, 0.1) is 23.9 Å². The van der Waals surface area contributed by atoms with Gasteiger partial charge in [0, 0.05) is 13.1 Å². The number of hydrogen-bond acceptors (Lipinski definition) is 5. The molecule has 0 saturated carbocycles. The Morgan fingerprint density at radius 3 is 2.50 bits per heavy atom. The fourth-order valence-electron chi connectivity index (χ4n) is 3.46. The Morgan fingerprint density at radius 2 is 1.89 bits per heavy atom. The summed E-state index contributed by atoms with van der Waals surface area (Å²) in [7, 11) is 0. The molecule has 1 aromatic carbocycles. The lowest BCUT2D eigenvalue weighted by Gasteiger charge is -2.33. The minimum atomic E-state index is -0.618. The Kier molecular flexibility index (Phi) is 5.87. The van der Waals surface area contributed by atoms with Crippen molar-refractivity contribution in [3.05, 3.63) is 41.1 Å². The van der Waals surface area contributed by atoms with E-state index in [2.05, 4.69) is 5.32 Å². The molecule has 0 bridgehead atoms. The van der Waals surface area contributed by atoms with E-state index in [-0.39, 0.29) is 19.1 Å². The van der Waals surface area contributed by atoms with E-state index < -0.39 is 18.0 Å². The largest absolute Gasteiger partial charge is 0.494 e. The summed E-state index contributed by atoms with van der Waals surface area (Å²) in [4.78, 5) is 40.6. The first kappa shape index (κ1) is 19.7. The van der Waals surface area contributed by atoms with Crippen LogP contribution in [0.3, 0.4) is 0 Å². The molecule has 2 aliphatic heterocycles. The maximum Gasteiger partial charge on any atom is 0.338 e. The average molecular weight is 387 g/mol. The predicted octanol–water partition coefficient (Wildman–Crippen LogP) is 1.83. The molecular formula is C20H25N3O5. The van der Waals surface area contributed by atoms with Crippen molar-refractivity contribution in [3.63, 3.8) is 0 Å². The fourth-order valence-corrected chi connectivity index (χ4v) is 3.46. The summed E-state index contributed by atoms with van der Waals surface area (Å²) in [6, 6.07) is 6.17. The number of hydrogen-bond donors (Lipinski definition) is 1. The summed E-state index contributed by atoms with van der Waals surface area (Å²) < 4.78 is 10.6. The molecule has 0 spiro atoms. The van der Waals surface area contributed by atoms with E-state index in [9.17, 15) is 14.4 Å². The summed E-state index contributed by atoms with van der Waals surface area (Å²) in [5.41, 5.74) is 1.57. The monoisotopic (exact) mass is 387 g/mol. The molecule has 0 radical (unpaired) electrons. The number of carbonyl (C=O) groups is 3. The Balaban J connectivity index is 1.90. The van der Waals surface area contributed by atoms with E-state index in [0.717, 1.165) is 5.56 Å². The number of benzene rings is 1. The van der Waals surface area contributed by atoms with Gasteiger partial charge < -0.3 is 19.7 Å². The number of amides is 3. The number of carbonyl (C=O) groups excluding carboxylic acids is 3. The Labute approximate surface area is 164 Å². The second kappa shape index (κ2) is 8.33. The standard InChI is InChI=1S/C20H25N3O5/c1-4-22(5-2)16(24)11-23-15-12-28-19(25)17(15)18(21-20(23)26)13-7-9-14(10-8-13)27-6-3/h7-10,18H,4-6,11-12H2,1-3H3,(H,21,26). The van der Waals surface area contributed by atoms with Crippen LogP contribution in [-0.4, -0.2) is 60.6 Å². The lowest BCUT2D eigenvalue weighted by molar-refractivity contribution is -0.136. The lowest BCUT2D eigenvalue weighted by Crippen LogP contribution is -2.51. The summed E-state index contributed by atoms with van der Waals surface area (Å²) >= 11 is 0. The molecular weight excluding hydrogens is 362 g/mol. The SMILES string of the molecule is CCOc1ccc(C2NC(=O)N(CC(=O)N(CC)CC)C3=C2C(=O)OC3)cc1. The van der Waals surface area contributed by atoms with Gasteiger partial charge in [-0.25, -0.2) is 9.59 Å². The minimum absolute atomic E-state index is 0.0132. The molecule has 0 aromatic heterocycles. The number of ether oxygens (including phenoxy) is 2. The summed E-state index contributed by atoms with van der Waals surface area (Å²) in [6.07, 6.45) is 0. The quantitative estimate of drug-likeness (QED) is 0.721. The van der Waals surface area contributed by atoms with Crippen molar-refractivity contribution in [1.82, 2.24) is 15.1 Å². The van der Waals surface area contributed by atoms with Crippen LogP contribution in [0.25, 0.3) is 0 Å². The van der Waals surface area contributed by atoms with Crippen molar-refractivity contribution in [2.45, 2.75) is 26.8 Å². The molecule has 1 atom stereocenters. The number of esters is 1. The van der Waals surface area contributed by atoms with Gasteiger partial charge in [-0.1, -0.05) is 12.1 Å². The molecule has 28 heavy (non-hydrogen) atoms. The highest BCUT2D eigenvalue weighted by molar-refractivity contribution is 5.98. The Bertz CT molecular complexity index is 799.